The van der Waals surface area contributed by atoms with E-state index >= 15 is 0 Å². The number of thiophene rings is 1. The van der Waals surface area contributed by atoms with Gasteiger partial charge in [-0.25, -0.2) is 4.79 Å². The van der Waals surface area contributed by atoms with Crippen molar-refractivity contribution in [3.8, 4) is 5.75 Å². The summed E-state index contributed by atoms with van der Waals surface area (Å²) in [5, 5.41) is 15.2. The minimum absolute atomic E-state index is 0.235. The first kappa shape index (κ1) is 13.6. The Balaban J connectivity index is 2.11. The first-order valence-corrected chi connectivity index (χ1v) is 7.02. The number of aryl methyl sites for hydroxylation is 2. The van der Waals surface area contributed by atoms with E-state index in [9.17, 15) is 4.79 Å². The average molecular weight is 280 g/mol. The molecule has 102 valence electrons. The van der Waals surface area contributed by atoms with Crippen molar-refractivity contribution in [3.63, 3.8) is 0 Å². The average Bonchev–Trinajstić information content (AvgIpc) is 3.02. The highest BCUT2D eigenvalue weighted by Crippen LogP contribution is 2.25. The van der Waals surface area contributed by atoms with E-state index in [0.29, 0.717) is 12.4 Å². The molecule has 0 saturated heterocycles. The van der Waals surface area contributed by atoms with Gasteiger partial charge in [0, 0.05) is 6.54 Å². The van der Waals surface area contributed by atoms with E-state index in [1.807, 2.05) is 24.6 Å². The van der Waals surface area contributed by atoms with Crippen LogP contribution in [0.1, 0.15) is 34.9 Å². The van der Waals surface area contributed by atoms with Crippen LogP contribution in [0.3, 0.4) is 0 Å². The molecule has 0 radical (unpaired) electrons. The largest absolute Gasteiger partial charge is 0.486 e. The third-order valence-corrected chi connectivity index (χ3v) is 3.66. The van der Waals surface area contributed by atoms with Gasteiger partial charge in [0.1, 0.15) is 12.4 Å². The van der Waals surface area contributed by atoms with Gasteiger partial charge in [-0.3, -0.25) is 4.68 Å². The van der Waals surface area contributed by atoms with E-state index in [1.54, 1.807) is 11.4 Å². The minimum atomic E-state index is -0.955. The van der Waals surface area contributed by atoms with Crippen LogP contribution >= 0.6 is 11.3 Å². The number of ether oxygens (including phenoxy) is 1. The molecule has 0 unspecified atom stereocenters. The van der Waals surface area contributed by atoms with E-state index in [4.69, 9.17) is 9.84 Å². The Morgan fingerprint density at radius 1 is 1.53 bits per heavy atom. The van der Waals surface area contributed by atoms with Gasteiger partial charge in [-0.05, 0) is 30.9 Å². The maximum Gasteiger partial charge on any atom is 0.349 e. The van der Waals surface area contributed by atoms with Gasteiger partial charge in [0.25, 0.3) is 0 Å². The molecule has 0 bridgehead atoms. The minimum Gasteiger partial charge on any atom is -0.486 e. The fourth-order valence-corrected chi connectivity index (χ4v) is 2.47. The molecule has 0 aliphatic rings. The predicted octanol–water partition coefficient (Wildman–Crippen LogP) is 2.80. The highest BCUT2D eigenvalue weighted by Gasteiger charge is 2.14. The van der Waals surface area contributed by atoms with Crippen molar-refractivity contribution in [2.45, 2.75) is 33.4 Å². The van der Waals surface area contributed by atoms with Crippen LogP contribution in [-0.2, 0) is 19.6 Å². The lowest BCUT2D eigenvalue weighted by molar-refractivity contribution is 0.0697. The molecule has 5 nitrogen and oxygen atoms in total. The van der Waals surface area contributed by atoms with Crippen LogP contribution < -0.4 is 4.74 Å². The Morgan fingerprint density at radius 2 is 2.32 bits per heavy atom. The summed E-state index contributed by atoms with van der Waals surface area (Å²) in [6.07, 6.45) is 0.874. The summed E-state index contributed by atoms with van der Waals surface area (Å²) in [4.78, 5) is 11.2. The third-order valence-electron chi connectivity index (χ3n) is 2.77. The zero-order chi connectivity index (χ0) is 13.8. The monoisotopic (exact) mass is 280 g/mol. The van der Waals surface area contributed by atoms with E-state index in [-0.39, 0.29) is 4.88 Å². The lowest BCUT2D eigenvalue weighted by atomic mass is 10.3. The Kier molecular flexibility index (Phi) is 4.21. The number of carboxylic acid groups (broad SMARTS) is 1. The van der Waals surface area contributed by atoms with Crippen LogP contribution in [0.5, 0.6) is 5.75 Å². The van der Waals surface area contributed by atoms with Crippen molar-refractivity contribution in [2.24, 2.45) is 0 Å². The van der Waals surface area contributed by atoms with Crippen LogP contribution in [0.2, 0.25) is 0 Å². The standard InChI is InChI=1S/C13H16N2O3S/c1-3-9-7-10(15(4-2)14-9)8-18-11-5-6-19-12(11)13(16)17/h5-7H,3-4,8H2,1-2H3,(H,16,17). The number of carboxylic acids is 1. The molecule has 2 rings (SSSR count). The smallest absolute Gasteiger partial charge is 0.349 e. The Hall–Kier alpha value is -1.82. The lowest BCUT2D eigenvalue weighted by Crippen LogP contribution is -2.07. The van der Waals surface area contributed by atoms with Crippen LogP contribution in [0.25, 0.3) is 0 Å². The van der Waals surface area contributed by atoms with Gasteiger partial charge in [-0.2, -0.15) is 5.10 Å². The number of nitrogens with zero attached hydrogens (tertiary/aromatic N) is 2. The van der Waals surface area contributed by atoms with Gasteiger partial charge < -0.3 is 9.84 Å². The molecule has 2 heterocycles. The Morgan fingerprint density at radius 3 is 2.95 bits per heavy atom. The number of rotatable bonds is 6. The first-order chi connectivity index (χ1) is 9.15. The van der Waals surface area contributed by atoms with Gasteiger partial charge in [-0.15, -0.1) is 11.3 Å². The summed E-state index contributed by atoms with van der Waals surface area (Å²) in [5.74, 6) is -0.539. The number of carbonyl (C=O) groups is 1. The van der Waals surface area contributed by atoms with Crippen molar-refractivity contribution >= 4 is 17.3 Å². The summed E-state index contributed by atoms with van der Waals surface area (Å²) in [7, 11) is 0. The molecule has 0 saturated carbocycles. The van der Waals surface area contributed by atoms with E-state index in [0.717, 1.165) is 24.4 Å². The maximum absolute atomic E-state index is 11.0. The molecular formula is C13H16N2O3S. The molecule has 0 aliphatic carbocycles. The van der Waals surface area contributed by atoms with Crippen molar-refractivity contribution in [1.29, 1.82) is 0 Å². The van der Waals surface area contributed by atoms with Crippen molar-refractivity contribution in [2.75, 3.05) is 0 Å². The molecule has 2 aromatic rings. The molecular weight excluding hydrogens is 264 g/mol. The maximum atomic E-state index is 11.0. The number of hydrogen-bond donors (Lipinski definition) is 1. The number of aromatic nitrogens is 2. The second kappa shape index (κ2) is 5.88. The summed E-state index contributed by atoms with van der Waals surface area (Å²) >= 11 is 1.17. The van der Waals surface area contributed by atoms with E-state index < -0.39 is 5.97 Å². The molecule has 0 aromatic carbocycles. The van der Waals surface area contributed by atoms with Crippen LogP contribution in [0, 0.1) is 0 Å². The summed E-state index contributed by atoms with van der Waals surface area (Å²) in [6, 6.07) is 3.68. The van der Waals surface area contributed by atoms with E-state index in [1.165, 1.54) is 11.3 Å². The third kappa shape index (κ3) is 2.96. The summed E-state index contributed by atoms with van der Waals surface area (Å²) in [5.41, 5.74) is 1.98. The van der Waals surface area contributed by atoms with Crippen molar-refractivity contribution in [3.05, 3.63) is 33.8 Å². The Bertz CT molecular complexity index is 574. The van der Waals surface area contributed by atoms with Gasteiger partial charge in [-0.1, -0.05) is 6.92 Å². The molecule has 0 atom stereocenters. The molecule has 0 aliphatic heterocycles. The predicted molar refractivity (Wildman–Crippen MR) is 72.9 cm³/mol. The number of aromatic carboxylic acids is 1. The topological polar surface area (TPSA) is 64.3 Å². The SMILES string of the molecule is CCc1cc(COc2ccsc2C(=O)O)n(CC)n1. The van der Waals surface area contributed by atoms with Crippen LogP contribution in [0.4, 0.5) is 0 Å². The van der Waals surface area contributed by atoms with Crippen molar-refractivity contribution < 1.29 is 14.6 Å². The molecule has 0 amide bonds. The van der Waals surface area contributed by atoms with Crippen molar-refractivity contribution in [1.82, 2.24) is 9.78 Å². The van der Waals surface area contributed by atoms with Gasteiger partial charge >= 0.3 is 5.97 Å². The highest BCUT2D eigenvalue weighted by molar-refractivity contribution is 7.12. The normalized spacial score (nSPS) is 10.6. The lowest BCUT2D eigenvalue weighted by Gasteiger charge is -2.07. The van der Waals surface area contributed by atoms with E-state index in [2.05, 4.69) is 5.10 Å². The molecule has 2 aromatic heterocycles. The first-order valence-electron chi connectivity index (χ1n) is 6.14. The van der Waals surface area contributed by atoms with Gasteiger partial charge in [0.15, 0.2) is 4.88 Å². The zero-order valence-electron chi connectivity index (χ0n) is 10.9. The second-order valence-electron chi connectivity index (χ2n) is 4.00. The molecule has 0 fully saturated rings. The zero-order valence-corrected chi connectivity index (χ0v) is 11.7. The van der Waals surface area contributed by atoms with Gasteiger partial charge in [0.2, 0.25) is 0 Å². The fraction of sp³-hybridized carbons (Fsp3) is 0.385. The Labute approximate surface area is 115 Å². The number of hydrogen-bond acceptors (Lipinski definition) is 4. The van der Waals surface area contributed by atoms with Gasteiger partial charge in [0.05, 0.1) is 11.4 Å². The molecule has 19 heavy (non-hydrogen) atoms. The summed E-state index contributed by atoms with van der Waals surface area (Å²) in [6.45, 7) is 5.17. The second-order valence-corrected chi connectivity index (χ2v) is 4.92. The highest BCUT2D eigenvalue weighted by atomic mass is 32.1. The fourth-order valence-electron chi connectivity index (χ4n) is 1.80. The van der Waals surface area contributed by atoms with Crippen LogP contribution in [-0.4, -0.2) is 20.9 Å². The molecule has 0 spiro atoms. The molecule has 6 heteroatoms. The summed E-state index contributed by atoms with van der Waals surface area (Å²) < 4.78 is 7.47. The van der Waals surface area contributed by atoms with Crippen LogP contribution in [0.15, 0.2) is 17.5 Å². The molecule has 1 N–H and O–H groups in total. The quantitative estimate of drug-likeness (QED) is 0.883.